The molecule has 2 N–H and O–H groups in total. The van der Waals surface area contributed by atoms with Gasteiger partial charge in [0.15, 0.2) is 0 Å². The average molecular weight is 398 g/mol. The standard InChI is InChI=1S/C22H22N8/c23-22-24-20-17-7-2-1-4-14(17)8-9-18(20)21(25-22)19-13-29(28-26-19)12-15-10-11-30(27-15)16-5-3-6-16/h1-2,4,7,10-11,13,16H,3,5-6,8-9,12H2,(H2,23,24,25). The van der Waals surface area contributed by atoms with E-state index in [1.165, 1.54) is 24.8 Å². The van der Waals surface area contributed by atoms with E-state index in [9.17, 15) is 0 Å². The minimum atomic E-state index is 0.259. The Bertz CT molecular complexity index is 1230. The van der Waals surface area contributed by atoms with Crippen LogP contribution in [0.5, 0.6) is 0 Å². The highest BCUT2D eigenvalue weighted by Crippen LogP contribution is 2.36. The Kier molecular flexibility index (Phi) is 3.90. The third kappa shape index (κ3) is 2.87. The highest BCUT2D eigenvalue weighted by Gasteiger charge is 2.24. The van der Waals surface area contributed by atoms with Crippen molar-refractivity contribution in [2.45, 2.75) is 44.7 Å². The lowest BCUT2D eigenvalue weighted by atomic mass is 9.88. The number of aromatic nitrogens is 7. The molecule has 6 rings (SSSR count). The molecule has 8 heteroatoms. The van der Waals surface area contributed by atoms with Crippen molar-refractivity contribution in [3.63, 3.8) is 0 Å². The molecule has 2 aliphatic rings. The number of nitrogen functional groups attached to an aromatic ring is 1. The van der Waals surface area contributed by atoms with Crippen molar-refractivity contribution < 1.29 is 0 Å². The summed E-state index contributed by atoms with van der Waals surface area (Å²) >= 11 is 0. The normalized spacial score (nSPS) is 15.5. The molecule has 0 unspecified atom stereocenters. The first-order valence-corrected chi connectivity index (χ1v) is 10.4. The van der Waals surface area contributed by atoms with Crippen molar-refractivity contribution in [1.82, 2.24) is 34.7 Å². The van der Waals surface area contributed by atoms with Gasteiger partial charge < -0.3 is 5.73 Å². The Morgan fingerprint density at radius 2 is 1.90 bits per heavy atom. The summed E-state index contributed by atoms with van der Waals surface area (Å²) in [4.78, 5) is 9.07. The van der Waals surface area contributed by atoms with Gasteiger partial charge in [-0.2, -0.15) is 5.10 Å². The molecular formula is C22H22N8. The summed E-state index contributed by atoms with van der Waals surface area (Å²) in [5.74, 6) is 0.259. The number of hydrogen-bond acceptors (Lipinski definition) is 6. The Labute approximate surface area is 173 Å². The van der Waals surface area contributed by atoms with Crippen LogP contribution in [0, 0.1) is 0 Å². The van der Waals surface area contributed by atoms with Crippen molar-refractivity contribution in [2.75, 3.05) is 5.73 Å². The molecule has 1 aromatic carbocycles. The van der Waals surface area contributed by atoms with E-state index in [4.69, 9.17) is 10.8 Å². The van der Waals surface area contributed by atoms with Gasteiger partial charge in [0.2, 0.25) is 5.95 Å². The van der Waals surface area contributed by atoms with E-state index in [-0.39, 0.29) is 5.95 Å². The summed E-state index contributed by atoms with van der Waals surface area (Å²) in [7, 11) is 0. The third-order valence-electron chi connectivity index (χ3n) is 6.16. The number of fused-ring (bicyclic) bond motifs is 3. The van der Waals surface area contributed by atoms with E-state index in [1.807, 2.05) is 16.9 Å². The van der Waals surface area contributed by atoms with Gasteiger partial charge >= 0.3 is 0 Å². The second-order valence-electron chi connectivity index (χ2n) is 8.09. The van der Waals surface area contributed by atoms with Gasteiger partial charge in [0.25, 0.3) is 0 Å². The maximum Gasteiger partial charge on any atom is 0.221 e. The predicted octanol–water partition coefficient (Wildman–Crippen LogP) is 3.05. The fourth-order valence-electron chi connectivity index (χ4n) is 4.37. The van der Waals surface area contributed by atoms with Crippen LogP contribution in [-0.2, 0) is 19.4 Å². The lowest BCUT2D eigenvalue weighted by Crippen LogP contribution is -2.17. The molecule has 30 heavy (non-hydrogen) atoms. The molecule has 0 atom stereocenters. The van der Waals surface area contributed by atoms with Gasteiger partial charge in [0.1, 0.15) is 11.4 Å². The molecule has 0 saturated heterocycles. The maximum atomic E-state index is 6.07. The molecule has 4 aromatic rings. The first kappa shape index (κ1) is 17.3. The Morgan fingerprint density at radius 1 is 1.03 bits per heavy atom. The zero-order valence-electron chi connectivity index (χ0n) is 16.6. The molecule has 3 heterocycles. The first-order valence-electron chi connectivity index (χ1n) is 10.4. The topological polar surface area (TPSA) is 100 Å². The van der Waals surface area contributed by atoms with Crippen LogP contribution in [0.2, 0.25) is 0 Å². The van der Waals surface area contributed by atoms with Crippen LogP contribution in [0.3, 0.4) is 0 Å². The molecule has 1 saturated carbocycles. The van der Waals surface area contributed by atoms with E-state index < -0.39 is 0 Å². The maximum absolute atomic E-state index is 6.07. The number of rotatable bonds is 4. The summed E-state index contributed by atoms with van der Waals surface area (Å²) in [5.41, 5.74) is 13.0. The van der Waals surface area contributed by atoms with Crippen molar-refractivity contribution in [3.05, 3.63) is 59.5 Å². The summed E-state index contributed by atoms with van der Waals surface area (Å²) < 4.78 is 3.89. The quantitative estimate of drug-likeness (QED) is 0.567. The molecule has 2 aliphatic carbocycles. The monoisotopic (exact) mass is 398 g/mol. The minimum Gasteiger partial charge on any atom is -0.368 e. The summed E-state index contributed by atoms with van der Waals surface area (Å²) in [6.45, 7) is 0.582. The third-order valence-corrected chi connectivity index (χ3v) is 6.16. The fraction of sp³-hybridized carbons (Fsp3) is 0.318. The van der Waals surface area contributed by atoms with E-state index in [0.29, 0.717) is 12.6 Å². The molecule has 0 aliphatic heterocycles. The van der Waals surface area contributed by atoms with Crippen molar-refractivity contribution in [2.24, 2.45) is 0 Å². The molecule has 8 nitrogen and oxygen atoms in total. The lowest BCUT2D eigenvalue weighted by molar-refractivity contribution is 0.287. The molecule has 0 radical (unpaired) electrons. The largest absolute Gasteiger partial charge is 0.368 e. The van der Waals surface area contributed by atoms with Crippen molar-refractivity contribution >= 4 is 5.95 Å². The van der Waals surface area contributed by atoms with Gasteiger partial charge in [-0.05, 0) is 43.7 Å². The van der Waals surface area contributed by atoms with Crippen LogP contribution in [0.15, 0.2) is 42.7 Å². The molecule has 3 aromatic heterocycles. The van der Waals surface area contributed by atoms with Gasteiger partial charge in [0, 0.05) is 17.3 Å². The SMILES string of the molecule is Nc1nc(-c2cn(Cc3ccn(C4CCC4)n3)nn2)c2c(n1)-c1ccccc1CC2. The summed E-state index contributed by atoms with van der Waals surface area (Å²) in [6, 6.07) is 11.0. The zero-order chi connectivity index (χ0) is 20.1. The number of hydrogen-bond donors (Lipinski definition) is 1. The summed E-state index contributed by atoms with van der Waals surface area (Å²) in [6.07, 6.45) is 9.54. The zero-order valence-corrected chi connectivity index (χ0v) is 16.6. The van der Waals surface area contributed by atoms with E-state index in [1.54, 1.807) is 0 Å². The van der Waals surface area contributed by atoms with E-state index >= 15 is 0 Å². The number of nitrogens with two attached hydrogens (primary N) is 1. The van der Waals surface area contributed by atoms with Crippen LogP contribution in [-0.4, -0.2) is 34.7 Å². The smallest absolute Gasteiger partial charge is 0.221 e. The van der Waals surface area contributed by atoms with Crippen molar-refractivity contribution in [3.8, 4) is 22.6 Å². The number of benzene rings is 1. The average Bonchev–Trinajstić information content (AvgIpc) is 3.36. The van der Waals surface area contributed by atoms with Gasteiger partial charge in [-0.1, -0.05) is 29.5 Å². The van der Waals surface area contributed by atoms with Gasteiger partial charge in [-0.15, -0.1) is 5.10 Å². The van der Waals surface area contributed by atoms with Gasteiger partial charge in [0.05, 0.1) is 30.2 Å². The molecule has 0 spiro atoms. The van der Waals surface area contributed by atoms with E-state index in [0.717, 1.165) is 46.7 Å². The predicted molar refractivity (Wildman–Crippen MR) is 113 cm³/mol. The molecule has 1 fully saturated rings. The van der Waals surface area contributed by atoms with Crippen LogP contribution >= 0.6 is 0 Å². The summed E-state index contributed by atoms with van der Waals surface area (Å²) in [5, 5.41) is 13.4. The molecule has 150 valence electrons. The second-order valence-corrected chi connectivity index (χ2v) is 8.09. The molecule has 0 bridgehead atoms. The van der Waals surface area contributed by atoms with Crippen LogP contribution in [0.25, 0.3) is 22.6 Å². The lowest BCUT2D eigenvalue weighted by Gasteiger charge is -2.25. The van der Waals surface area contributed by atoms with Crippen LogP contribution in [0.4, 0.5) is 5.95 Å². The van der Waals surface area contributed by atoms with Crippen LogP contribution in [0.1, 0.15) is 42.1 Å². The molecule has 0 amide bonds. The van der Waals surface area contributed by atoms with Crippen molar-refractivity contribution in [1.29, 1.82) is 0 Å². The fourth-order valence-corrected chi connectivity index (χ4v) is 4.37. The van der Waals surface area contributed by atoms with Gasteiger partial charge in [-0.3, -0.25) is 4.68 Å². The Morgan fingerprint density at radius 3 is 2.77 bits per heavy atom. The van der Waals surface area contributed by atoms with Crippen LogP contribution < -0.4 is 5.73 Å². The highest BCUT2D eigenvalue weighted by molar-refractivity contribution is 5.76. The second kappa shape index (κ2) is 6.76. The number of nitrogens with zero attached hydrogens (tertiary/aromatic N) is 7. The molecular weight excluding hydrogens is 376 g/mol. The minimum absolute atomic E-state index is 0.259. The van der Waals surface area contributed by atoms with E-state index in [2.05, 4.69) is 55.4 Å². The number of aryl methyl sites for hydroxylation is 1. The Hall–Kier alpha value is -3.55. The van der Waals surface area contributed by atoms with Gasteiger partial charge in [-0.25, -0.2) is 14.6 Å². The highest BCUT2D eigenvalue weighted by atomic mass is 15.4. The Balaban J connectivity index is 1.32. The first-order chi connectivity index (χ1) is 14.7. The number of anilines is 1.